The van der Waals surface area contributed by atoms with E-state index in [9.17, 15) is 4.79 Å². The molecule has 5 rings (SSSR count). The van der Waals surface area contributed by atoms with Crippen molar-refractivity contribution in [2.24, 2.45) is 0 Å². The van der Waals surface area contributed by atoms with E-state index in [1.165, 1.54) is 22.5 Å². The summed E-state index contributed by atoms with van der Waals surface area (Å²) in [5.74, 6) is -0.0578. The molecule has 1 atom stereocenters. The number of ether oxygens (including phenoxy) is 3. The van der Waals surface area contributed by atoms with Crippen LogP contribution in [-0.4, -0.2) is 54.8 Å². The highest BCUT2D eigenvalue weighted by Gasteiger charge is 2.23. The summed E-state index contributed by atoms with van der Waals surface area (Å²) in [5, 5.41) is 10.3. The molecular formula is C29H31N3O4. The van der Waals surface area contributed by atoms with Crippen LogP contribution in [0.25, 0.3) is 27.6 Å². The second-order valence-corrected chi connectivity index (χ2v) is 8.86. The van der Waals surface area contributed by atoms with Crippen molar-refractivity contribution in [2.75, 3.05) is 32.9 Å². The predicted molar refractivity (Wildman–Crippen MR) is 140 cm³/mol. The van der Waals surface area contributed by atoms with E-state index in [-0.39, 0.29) is 12.7 Å². The average Bonchev–Trinajstić information content (AvgIpc) is 3.32. The minimum Gasteiger partial charge on any atom is -0.477 e. The summed E-state index contributed by atoms with van der Waals surface area (Å²) in [6, 6.07) is 21.0. The molecule has 0 spiro atoms. The zero-order chi connectivity index (χ0) is 24.9. The van der Waals surface area contributed by atoms with E-state index >= 15 is 0 Å². The number of esters is 1. The third-order valence-electron chi connectivity index (χ3n) is 6.43. The summed E-state index contributed by atoms with van der Waals surface area (Å²) in [4.78, 5) is 12.6. The van der Waals surface area contributed by atoms with E-state index in [1.54, 1.807) is 11.6 Å². The lowest BCUT2D eigenvalue weighted by Crippen LogP contribution is -2.39. The number of rotatable bonds is 8. The molecule has 4 aromatic rings. The highest BCUT2D eigenvalue weighted by molar-refractivity contribution is 5.97. The summed E-state index contributed by atoms with van der Waals surface area (Å²) < 4.78 is 18.9. The van der Waals surface area contributed by atoms with Crippen LogP contribution in [0, 0.1) is 6.92 Å². The Morgan fingerprint density at radius 2 is 2.03 bits per heavy atom. The molecule has 0 aliphatic carbocycles. The molecule has 1 unspecified atom stereocenters. The first-order valence-corrected chi connectivity index (χ1v) is 12.4. The normalized spacial score (nSPS) is 15.7. The molecule has 1 fully saturated rings. The number of morpholine rings is 1. The minimum atomic E-state index is -0.445. The number of aromatic nitrogens is 2. The summed E-state index contributed by atoms with van der Waals surface area (Å²) in [5.41, 5.74) is 4.48. The molecule has 0 bridgehead atoms. The van der Waals surface area contributed by atoms with Crippen LogP contribution < -0.4 is 10.1 Å². The third kappa shape index (κ3) is 4.98. The Labute approximate surface area is 211 Å². The van der Waals surface area contributed by atoms with Crippen molar-refractivity contribution < 1.29 is 19.0 Å². The van der Waals surface area contributed by atoms with Crippen molar-refractivity contribution in [1.29, 1.82) is 0 Å². The molecule has 1 saturated heterocycles. The molecule has 0 amide bonds. The van der Waals surface area contributed by atoms with E-state index in [2.05, 4.69) is 65.0 Å². The number of benzene rings is 3. The van der Waals surface area contributed by atoms with Crippen molar-refractivity contribution in [1.82, 2.24) is 15.1 Å². The van der Waals surface area contributed by atoms with E-state index in [0.717, 1.165) is 29.9 Å². The molecule has 1 aromatic heterocycles. The topological polar surface area (TPSA) is 74.6 Å². The van der Waals surface area contributed by atoms with Crippen molar-refractivity contribution >= 4 is 16.7 Å². The third-order valence-corrected chi connectivity index (χ3v) is 6.43. The SMILES string of the molecule is CCOC(=O)c1cnn(-c2ccc(-c3cccc4ccccc34)cc2C)c1OCCC1CNCCO1. The first kappa shape index (κ1) is 24.0. The van der Waals surface area contributed by atoms with E-state index in [0.29, 0.717) is 31.1 Å². The first-order chi connectivity index (χ1) is 17.7. The van der Waals surface area contributed by atoms with Crippen LogP contribution in [0.3, 0.4) is 0 Å². The van der Waals surface area contributed by atoms with Gasteiger partial charge in [-0.1, -0.05) is 48.5 Å². The van der Waals surface area contributed by atoms with Crippen molar-refractivity contribution in [3.05, 3.63) is 78.0 Å². The van der Waals surface area contributed by atoms with Crippen molar-refractivity contribution in [3.63, 3.8) is 0 Å². The van der Waals surface area contributed by atoms with Gasteiger partial charge in [0.2, 0.25) is 5.88 Å². The smallest absolute Gasteiger partial charge is 0.345 e. The fourth-order valence-corrected chi connectivity index (χ4v) is 4.63. The maximum Gasteiger partial charge on any atom is 0.345 e. The van der Waals surface area contributed by atoms with Crippen LogP contribution in [0.1, 0.15) is 29.3 Å². The van der Waals surface area contributed by atoms with Crippen LogP contribution in [0.4, 0.5) is 0 Å². The number of fused-ring (bicyclic) bond motifs is 1. The molecule has 1 N–H and O–H groups in total. The Balaban J connectivity index is 1.46. The van der Waals surface area contributed by atoms with Gasteiger partial charge in [0.05, 0.1) is 37.8 Å². The Kier molecular flexibility index (Phi) is 7.30. The van der Waals surface area contributed by atoms with Gasteiger partial charge in [-0.2, -0.15) is 5.10 Å². The molecule has 0 saturated carbocycles. The lowest BCUT2D eigenvalue weighted by Gasteiger charge is -2.23. The van der Waals surface area contributed by atoms with Gasteiger partial charge in [0.15, 0.2) is 0 Å². The summed E-state index contributed by atoms with van der Waals surface area (Å²) in [7, 11) is 0. The van der Waals surface area contributed by atoms with Gasteiger partial charge in [-0.15, -0.1) is 0 Å². The summed E-state index contributed by atoms with van der Waals surface area (Å²) >= 11 is 0. The molecule has 1 aliphatic heterocycles. The molecule has 186 valence electrons. The van der Waals surface area contributed by atoms with Crippen molar-refractivity contribution in [3.8, 4) is 22.7 Å². The first-order valence-electron chi connectivity index (χ1n) is 12.4. The maximum atomic E-state index is 12.6. The van der Waals surface area contributed by atoms with Crippen LogP contribution in [0.15, 0.2) is 66.9 Å². The molecule has 0 radical (unpaired) electrons. The van der Waals surface area contributed by atoms with Gasteiger partial charge in [0.1, 0.15) is 5.56 Å². The maximum absolute atomic E-state index is 12.6. The van der Waals surface area contributed by atoms with Gasteiger partial charge < -0.3 is 19.5 Å². The number of hydrogen-bond donors (Lipinski definition) is 1. The zero-order valence-electron chi connectivity index (χ0n) is 20.7. The minimum absolute atomic E-state index is 0.0860. The van der Waals surface area contributed by atoms with Gasteiger partial charge in [-0.3, -0.25) is 0 Å². The van der Waals surface area contributed by atoms with Crippen LogP contribution >= 0.6 is 0 Å². The second kappa shape index (κ2) is 10.9. The standard InChI is InChI=1S/C29H31N3O4/c1-3-34-29(33)26-19-31-32(28(26)36-15-13-23-18-30-14-16-35-23)27-12-11-22(17-20(27)2)25-10-6-8-21-7-4-5-9-24(21)25/h4-12,17,19,23,30H,3,13-16,18H2,1-2H3. The van der Waals surface area contributed by atoms with Crippen LogP contribution in [0.5, 0.6) is 5.88 Å². The fourth-order valence-electron chi connectivity index (χ4n) is 4.63. The molecule has 7 heteroatoms. The van der Waals surface area contributed by atoms with Gasteiger partial charge in [0, 0.05) is 19.5 Å². The molecule has 3 aromatic carbocycles. The van der Waals surface area contributed by atoms with Crippen LogP contribution in [0.2, 0.25) is 0 Å². The quantitative estimate of drug-likeness (QED) is 0.357. The molecular weight excluding hydrogens is 454 g/mol. The Bertz CT molecular complexity index is 1350. The van der Waals surface area contributed by atoms with Gasteiger partial charge in [0.25, 0.3) is 0 Å². The second-order valence-electron chi connectivity index (χ2n) is 8.86. The Morgan fingerprint density at radius 3 is 2.83 bits per heavy atom. The lowest BCUT2D eigenvalue weighted by molar-refractivity contribution is 0.0153. The number of hydrogen-bond acceptors (Lipinski definition) is 6. The fraction of sp³-hybridized carbons (Fsp3) is 0.310. The van der Waals surface area contributed by atoms with Crippen molar-refractivity contribution in [2.45, 2.75) is 26.4 Å². The van der Waals surface area contributed by atoms with Gasteiger partial charge in [-0.05, 0) is 53.4 Å². The number of carbonyl (C=O) groups is 1. The van der Waals surface area contributed by atoms with Gasteiger partial charge >= 0.3 is 5.97 Å². The number of nitrogens with zero attached hydrogens (tertiary/aromatic N) is 2. The largest absolute Gasteiger partial charge is 0.477 e. The monoisotopic (exact) mass is 485 g/mol. The molecule has 2 heterocycles. The Hall–Kier alpha value is -3.68. The van der Waals surface area contributed by atoms with Gasteiger partial charge in [-0.25, -0.2) is 9.48 Å². The molecule has 36 heavy (non-hydrogen) atoms. The number of carbonyl (C=O) groups excluding carboxylic acids is 1. The number of nitrogens with one attached hydrogen (secondary N) is 1. The highest BCUT2D eigenvalue weighted by Crippen LogP contribution is 2.32. The number of aryl methyl sites for hydroxylation is 1. The molecule has 1 aliphatic rings. The molecule has 7 nitrogen and oxygen atoms in total. The van der Waals surface area contributed by atoms with E-state index < -0.39 is 5.97 Å². The summed E-state index contributed by atoms with van der Waals surface area (Å²) in [6.07, 6.45) is 2.31. The van der Waals surface area contributed by atoms with E-state index in [1.807, 2.05) is 13.0 Å². The zero-order valence-corrected chi connectivity index (χ0v) is 20.7. The average molecular weight is 486 g/mol. The highest BCUT2D eigenvalue weighted by atomic mass is 16.5. The Morgan fingerprint density at radius 1 is 1.17 bits per heavy atom. The van der Waals surface area contributed by atoms with Crippen LogP contribution in [-0.2, 0) is 9.47 Å². The predicted octanol–water partition coefficient (Wildman–Crippen LogP) is 4.93. The lowest BCUT2D eigenvalue weighted by atomic mass is 9.97. The van der Waals surface area contributed by atoms with E-state index in [4.69, 9.17) is 14.2 Å². The summed E-state index contributed by atoms with van der Waals surface area (Å²) in [6.45, 7) is 6.86.